The molecule has 2 rings (SSSR count). The molecule has 0 radical (unpaired) electrons. The van der Waals surface area contributed by atoms with Gasteiger partial charge < -0.3 is 34.6 Å². The summed E-state index contributed by atoms with van der Waals surface area (Å²) in [6, 6.07) is 0.755. The van der Waals surface area contributed by atoms with Crippen LogP contribution in [0.3, 0.4) is 0 Å². The Hall–Kier alpha value is -3.76. The smallest absolute Gasteiger partial charge is 0.348 e. The second kappa shape index (κ2) is 8.50. The first-order chi connectivity index (χ1) is 13.6. The molecule has 1 aliphatic heterocycles. The maximum atomic E-state index is 12.4. The van der Waals surface area contributed by atoms with Crippen LogP contribution in [0.1, 0.15) is 35.7 Å². The van der Waals surface area contributed by atoms with Gasteiger partial charge >= 0.3 is 23.9 Å². The minimum atomic E-state index is -1.86. The summed E-state index contributed by atoms with van der Waals surface area (Å²) < 4.78 is 14.7. The number of benzene rings is 1. The highest BCUT2D eigenvalue weighted by Crippen LogP contribution is 2.49. The minimum absolute atomic E-state index is 0.128. The number of esters is 3. The number of carbonyl (C=O) groups excluding carboxylic acids is 3. The first-order valence-electron chi connectivity index (χ1n) is 8.40. The summed E-state index contributed by atoms with van der Waals surface area (Å²) in [5.41, 5.74) is -1.62. The number of phenolic OH excluding ortho intramolecular Hbond substituents is 3. The van der Waals surface area contributed by atoms with E-state index in [1.54, 1.807) is 0 Å². The number of fused-ring (bicyclic) bond motifs is 1. The van der Waals surface area contributed by atoms with E-state index >= 15 is 0 Å². The Bertz CT molecular complexity index is 900. The predicted octanol–water partition coefficient (Wildman–Crippen LogP) is 0.563. The number of phenols is 3. The van der Waals surface area contributed by atoms with Crippen molar-refractivity contribution in [2.24, 2.45) is 0 Å². The van der Waals surface area contributed by atoms with Gasteiger partial charge in [-0.15, -0.1) is 0 Å². The van der Waals surface area contributed by atoms with Gasteiger partial charge in [0, 0.05) is 11.6 Å². The standard InChI is InChI=1S/C18H18O11/c1-3-27-16(24)8(6-10(20)21)12-11-7(5-9(19)13(22)14(11)23)17(25)29-15(12)18(26)28-4-2/h5-6,12,15,19,22-23H,3-4H2,1-2H3,(H,20,21)/b8-6+/t12-,15-/m0/s1. The number of rotatable bonds is 6. The average Bonchev–Trinajstić information content (AvgIpc) is 2.65. The van der Waals surface area contributed by atoms with Crippen molar-refractivity contribution in [2.45, 2.75) is 25.9 Å². The van der Waals surface area contributed by atoms with E-state index in [-0.39, 0.29) is 13.2 Å². The van der Waals surface area contributed by atoms with Crippen LogP contribution in [-0.2, 0) is 28.6 Å². The topological polar surface area (TPSA) is 177 Å². The van der Waals surface area contributed by atoms with Crippen LogP contribution in [0.4, 0.5) is 0 Å². The van der Waals surface area contributed by atoms with Crippen molar-refractivity contribution in [2.75, 3.05) is 13.2 Å². The number of hydrogen-bond acceptors (Lipinski definition) is 10. The SMILES string of the molecule is CCOC(=O)/C(=C/C(=O)O)[C@H]1c2c(cc(O)c(O)c2O)C(=O)O[C@@H]1C(=O)OCC. The third-order valence-electron chi connectivity index (χ3n) is 4.01. The molecule has 0 fully saturated rings. The molecule has 0 saturated carbocycles. The third-order valence-corrected chi connectivity index (χ3v) is 4.01. The average molecular weight is 410 g/mol. The van der Waals surface area contributed by atoms with E-state index in [1.807, 2.05) is 0 Å². The number of carbonyl (C=O) groups is 4. The summed E-state index contributed by atoms with van der Waals surface area (Å²) in [6.45, 7) is 2.64. The third kappa shape index (κ3) is 4.08. The molecule has 156 valence electrons. The molecule has 2 atom stereocenters. The molecule has 0 saturated heterocycles. The Kier molecular flexibility index (Phi) is 6.32. The van der Waals surface area contributed by atoms with Crippen molar-refractivity contribution in [1.29, 1.82) is 0 Å². The van der Waals surface area contributed by atoms with E-state index in [2.05, 4.69) is 0 Å². The van der Waals surface area contributed by atoms with Gasteiger partial charge in [-0.1, -0.05) is 0 Å². The molecular weight excluding hydrogens is 392 g/mol. The molecule has 1 aromatic rings. The van der Waals surface area contributed by atoms with E-state index < -0.39 is 69.8 Å². The van der Waals surface area contributed by atoms with Crippen LogP contribution < -0.4 is 0 Å². The normalized spacial score (nSPS) is 18.4. The maximum Gasteiger partial charge on any atom is 0.348 e. The van der Waals surface area contributed by atoms with Crippen LogP contribution in [0.15, 0.2) is 17.7 Å². The van der Waals surface area contributed by atoms with E-state index in [0.717, 1.165) is 6.07 Å². The van der Waals surface area contributed by atoms with Crippen LogP contribution in [-0.4, -0.2) is 63.6 Å². The van der Waals surface area contributed by atoms with Gasteiger partial charge in [0.2, 0.25) is 11.9 Å². The number of aromatic hydroxyl groups is 3. The highest BCUT2D eigenvalue weighted by atomic mass is 16.6. The lowest BCUT2D eigenvalue weighted by Crippen LogP contribution is -2.41. The van der Waals surface area contributed by atoms with Crippen molar-refractivity contribution in [3.63, 3.8) is 0 Å². The highest BCUT2D eigenvalue weighted by Gasteiger charge is 2.48. The first kappa shape index (κ1) is 21.5. The zero-order chi connectivity index (χ0) is 21.9. The molecule has 1 heterocycles. The van der Waals surface area contributed by atoms with Crippen LogP contribution in [0.2, 0.25) is 0 Å². The molecule has 29 heavy (non-hydrogen) atoms. The number of carboxylic acids is 1. The molecule has 0 aromatic heterocycles. The van der Waals surface area contributed by atoms with E-state index in [0.29, 0.717) is 6.08 Å². The molecular formula is C18H18O11. The zero-order valence-corrected chi connectivity index (χ0v) is 15.4. The number of hydrogen-bond donors (Lipinski definition) is 4. The minimum Gasteiger partial charge on any atom is -0.504 e. The van der Waals surface area contributed by atoms with Gasteiger partial charge in [-0.3, -0.25) is 0 Å². The molecule has 4 N–H and O–H groups in total. The van der Waals surface area contributed by atoms with Gasteiger partial charge in [0.05, 0.1) is 30.3 Å². The predicted molar refractivity (Wildman–Crippen MR) is 92.4 cm³/mol. The van der Waals surface area contributed by atoms with Gasteiger partial charge in [-0.05, 0) is 19.9 Å². The van der Waals surface area contributed by atoms with E-state index in [9.17, 15) is 34.5 Å². The van der Waals surface area contributed by atoms with Gasteiger partial charge in [-0.2, -0.15) is 0 Å². The van der Waals surface area contributed by atoms with Crippen molar-refractivity contribution in [3.05, 3.63) is 28.8 Å². The van der Waals surface area contributed by atoms with Gasteiger partial charge in [0.1, 0.15) is 0 Å². The summed E-state index contributed by atoms with van der Waals surface area (Å²) in [7, 11) is 0. The summed E-state index contributed by atoms with van der Waals surface area (Å²) >= 11 is 0. The second-order valence-electron chi connectivity index (χ2n) is 5.77. The molecule has 0 unspecified atom stereocenters. The molecule has 0 spiro atoms. The number of ether oxygens (including phenoxy) is 3. The number of cyclic esters (lactones) is 1. The summed E-state index contributed by atoms with van der Waals surface area (Å²) in [4.78, 5) is 48.4. The van der Waals surface area contributed by atoms with Gasteiger partial charge in [0.15, 0.2) is 11.5 Å². The van der Waals surface area contributed by atoms with E-state index in [1.165, 1.54) is 13.8 Å². The van der Waals surface area contributed by atoms with Crippen LogP contribution in [0.5, 0.6) is 17.2 Å². The van der Waals surface area contributed by atoms with Crippen molar-refractivity contribution >= 4 is 23.9 Å². The number of aliphatic carboxylic acids is 1. The zero-order valence-electron chi connectivity index (χ0n) is 15.4. The van der Waals surface area contributed by atoms with E-state index in [4.69, 9.17) is 19.3 Å². The van der Waals surface area contributed by atoms with Gasteiger partial charge in [0.25, 0.3) is 0 Å². The van der Waals surface area contributed by atoms with Crippen molar-refractivity contribution in [3.8, 4) is 17.2 Å². The monoisotopic (exact) mass is 410 g/mol. The molecule has 0 bridgehead atoms. The van der Waals surface area contributed by atoms with Gasteiger partial charge in [-0.25, -0.2) is 19.2 Å². The largest absolute Gasteiger partial charge is 0.504 e. The highest BCUT2D eigenvalue weighted by molar-refractivity contribution is 6.03. The molecule has 11 heteroatoms. The Morgan fingerprint density at radius 1 is 1.10 bits per heavy atom. The van der Waals surface area contributed by atoms with Crippen molar-refractivity contribution in [1.82, 2.24) is 0 Å². The Morgan fingerprint density at radius 3 is 2.28 bits per heavy atom. The lowest BCUT2D eigenvalue weighted by molar-refractivity contribution is -0.155. The first-order valence-corrected chi connectivity index (χ1v) is 8.40. The Labute approximate surface area is 163 Å². The summed E-state index contributed by atoms with van der Waals surface area (Å²) in [5.74, 6) is -9.67. The molecule has 1 aromatic carbocycles. The lowest BCUT2D eigenvalue weighted by atomic mass is 9.80. The molecule has 0 aliphatic carbocycles. The van der Waals surface area contributed by atoms with Crippen LogP contribution >= 0.6 is 0 Å². The number of carboxylic acid groups (broad SMARTS) is 1. The fourth-order valence-corrected chi connectivity index (χ4v) is 2.89. The van der Waals surface area contributed by atoms with Crippen LogP contribution in [0, 0.1) is 0 Å². The fourth-order valence-electron chi connectivity index (χ4n) is 2.89. The Morgan fingerprint density at radius 2 is 1.72 bits per heavy atom. The summed E-state index contributed by atoms with van der Waals surface area (Å²) in [5, 5.41) is 39.1. The van der Waals surface area contributed by atoms with Crippen LogP contribution in [0.25, 0.3) is 0 Å². The molecule has 1 aliphatic rings. The molecule has 11 nitrogen and oxygen atoms in total. The quantitative estimate of drug-likeness (QED) is 0.223. The van der Waals surface area contributed by atoms with Crippen molar-refractivity contribution < 1.29 is 53.8 Å². The molecule has 0 amide bonds. The maximum absolute atomic E-state index is 12.4. The Balaban J connectivity index is 2.83. The second-order valence-corrected chi connectivity index (χ2v) is 5.77. The lowest BCUT2D eigenvalue weighted by Gasteiger charge is -2.32. The summed E-state index contributed by atoms with van der Waals surface area (Å²) in [6.07, 6.45) is -1.43. The fraction of sp³-hybridized carbons (Fsp3) is 0.333.